The molecule has 0 radical (unpaired) electrons. The van der Waals surface area contributed by atoms with Crippen LogP contribution in [0, 0.1) is 5.92 Å². The van der Waals surface area contributed by atoms with Gasteiger partial charge in [-0.05, 0) is 30.9 Å². The van der Waals surface area contributed by atoms with Crippen LogP contribution in [-0.2, 0) is 11.2 Å². The Bertz CT molecular complexity index is 627. The van der Waals surface area contributed by atoms with Crippen LogP contribution in [0.1, 0.15) is 25.5 Å². The van der Waals surface area contributed by atoms with E-state index in [1.165, 1.54) is 18.5 Å². The molecule has 0 atom stereocenters. The van der Waals surface area contributed by atoms with E-state index in [4.69, 9.17) is 5.11 Å². The molecule has 5 heteroatoms. The summed E-state index contributed by atoms with van der Waals surface area (Å²) in [7, 11) is 0. The molecule has 1 aliphatic rings. The molecule has 3 heterocycles. The van der Waals surface area contributed by atoms with Crippen molar-refractivity contribution in [3.63, 3.8) is 0 Å². The third-order valence-corrected chi connectivity index (χ3v) is 3.97. The van der Waals surface area contributed by atoms with E-state index in [1.54, 1.807) is 6.20 Å². The van der Waals surface area contributed by atoms with Crippen molar-refractivity contribution in [1.29, 1.82) is 0 Å². The maximum Gasteiger partial charge on any atom is 0.309 e. The predicted molar refractivity (Wildman–Crippen MR) is 77.1 cm³/mol. The SMILES string of the molecule is CC1CCN(c2ccc3nc(CC(=O)O)cn3c2)CC1. The zero-order valence-electron chi connectivity index (χ0n) is 11.6. The Morgan fingerprint density at radius 1 is 1.35 bits per heavy atom. The molecule has 0 aliphatic carbocycles. The molecule has 1 saturated heterocycles. The molecule has 0 unspecified atom stereocenters. The lowest BCUT2D eigenvalue weighted by atomic mass is 9.99. The Kier molecular flexibility index (Phi) is 3.34. The fraction of sp³-hybridized carbons (Fsp3) is 0.467. The molecule has 0 aromatic carbocycles. The number of rotatable bonds is 3. The molecule has 2 aromatic heterocycles. The van der Waals surface area contributed by atoms with Crippen molar-refractivity contribution in [3.8, 4) is 0 Å². The van der Waals surface area contributed by atoms with E-state index in [0.717, 1.165) is 24.7 Å². The van der Waals surface area contributed by atoms with Gasteiger partial charge in [0, 0.05) is 25.5 Å². The Hall–Kier alpha value is -2.04. The van der Waals surface area contributed by atoms with Gasteiger partial charge in [-0.3, -0.25) is 4.79 Å². The summed E-state index contributed by atoms with van der Waals surface area (Å²) >= 11 is 0. The number of imidazole rings is 1. The number of piperidine rings is 1. The number of nitrogens with zero attached hydrogens (tertiary/aromatic N) is 3. The molecular weight excluding hydrogens is 254 g/mol. The highest BCUT2D eigenvalue weighted by molar-refractivity contribution is 5.70. The van der Waals surface area contributed by atoms with Crippen LogP contribution >= 0.6 is 0 Å². The Morgan fingerprint density at radius 3 is 2.80 bits per heavy atom. The minimum Gasteiger partial charge on any atom is -0.481 e. The number of hydrogen-bond acceptors (Lipinski definition) is 3. The Labute approximate surface area is 117 Å². The van der Waals surface area contributed by atoms with Crippen LogP contribution in [0.5, 0.6) is 0 Å². The predicted octanol–water partition coefficient (Wildman–Crippen LogP) is 2.20. The average Bonchev–Trinajstić information content (AvgIpc) is 2.79. The van der Waals surface area contributed by atoms with Crippen molar-refractivity contribution >= 4 is 17.3 Å². The largest absolute Gasteiger partial charge is 0.481 e. The van der Waals surface area contributed by atoms with Crippen LogP contribution in [0.4, 0.5) is 5.69 Å². The third kappa shape index (κ3) is 2.61. The van der Waals surface area contributed by atoms with Gasteiger partial charge in [0.25, 0.3) is 0 Å². The van der Waals surface area contributed by atoms with Gasteiger partial charge in [0.1, 0.15) is 5.65 Å². The summed E-state index contributed by atoms with van der Waals surface area (Å²) in [5.41, 5.74) is 2.58. The molecule has 106 valence electrons. The van der Waals surface area contributed by atoms with Crippen molar-refractivity contribution < 1.29 is 9.90 Å². The first-order valence-electron chi connectivity index (χ1n) is 7.06. The van der Waals surface area contributed by atoms with Crippen LogP contribution < -0.4 is 4.90 Å². The van der Waals surface area contributed by atoms with Crippen LogP contribution in [0.2, 0.25) is 0 Å². The van der Waals surface area contributed by atoms with Gasteiger partial charge in [-0.1, -0.05) is 6.92 Å². The minimum absolute atomic E-state index is 0.0295. The molecule has 20 heavy (non-hydrogen) atoms. The summed E-state index contributed by atoms with van der Waals surface area (Å²) in [5.74, 6) is -0.0379. The lowest BCUT2D eigenvalue weighted by molar-refractivity contribution is -0.136. The van der Waals surface area contributed by atoms with Crippen molar-refractivity contribution in [1.82, 2.24) is 9.38 Å². The first-order chi connectivity index (χ1) is 9.61. The molecule has 0 saturated carbocycles. The lowest BCUT2D eigenvalue weighted by Crippen LogP contribution is -2.32. The number of carboxylic acids is 1. The second-order valence-electron chi connectivity index (χ2n) is 5.63. The zero-order valence-corrected chi connectivity index (χ0v) is 11.6. The third-order valence-electron chi connectivity index (χ3n) is 3.97. The van der Waals surface area contributed by atoms with Crippen LogP contribution in [0.15, 0.2) is 24.5 Å². The molecule has 1 aliphatic heterocycles. The molecule has 5 nitrogen and oxygen atoms in total. The maximum atomic E-state index is 10.7. The minimum atomic E-state index is -0.848. The summed E-state index contributed by atoms with van der Waals surface area (Å²) in [6.45, 7) is 4.47. The maximum absolute atomic E-state index is 10.7. The highest BCUT2D eigenvalue weighted by Crippen LogP contribution is 2.23. The standard InChI is InChI=1S/C15H19N3O2/c1-11-4-6-17(7-5-11)13-2-3-14-16-12(8-15(19)20)9-18(14)10-13/h2-3,9-11H,4-8H2,1H3,(H,19,20). The van der Waals surface area contributed by atoms with E-state index in [2.05, 4.69) is 22.9 Å². The second-order valence-corrected chi connectivity index (χ2v) is 5.63. The Balaban J connectivity index is 1.84. The van der Waals surface area contributed by atoms with Gasteiger partial charge in [0.15, 0.2) is 0 Å². The summed E-state index contributed by atoms with van der Waals surface area (Å²) in [6.07, 6.45) is 6.28. The lowest BCUT2D eigenvalue weighted by Gasteiger charge is -2.32. The molecule has 3 rings (SSSR count). The monoisotopic (exact) mass is 273 g/mol. The first-order valence-corrected chi connectivity index (χ1v) is 7.06. The molecule has 0 amide bonds. The number of carboxylic acid groups (broad SMARTS) is 1. The fourth-order valence-corrected chi connectivity index (χ4v) is 2.73. The molecular formula is C15H19N3O2. The summed E-state index contributed by atoms with van der Waals surface area (Å²) in [4.78, 5) is 17.4. The Morgan fingerprint density at radius 2 is 2.10 bits per heavy atom. The van der Waals surface area contributed by atoms with E-state index < -0.39 is 5.97 Å². The molecule has 0 spiro atoms. The van der Waals surface area contributed by atoms with Crippen molar-refractivity contribution in [3.05, 3.63) is 30.2 Å². The fourth-order valence-electron chi connectivity index (χ4n) is 2.73. The number of pyridine rings is 1. The van der Waals surface area contributed by atoms with Crippen LogP contribution in [0.25, 0.3) is 5.65 Å². The summed E-state index contributed by atoms with van der Waals surface area (Å²) < 4.78 is 1.92. The summed E-state index contributed by atoms with van der Waals surface area (Å²) in [5, 5.41) is 8.82. The number of fused-ring (bicyclic) bond motifs is 1. The van der Waals surface area contributed by atoms with E-state index in [0.29, 0.717) is 5.69 Å². The zero-order chi connectivity index (χ0) is 14.1. The van der Waals surface area contributed by atoms with E-state index in [-0.39, 0.29) is 6.42 Å². The van der Waals surface area contributed by atoms with E-state index in [1.807, 2.05) is 16.7 Å². The number of carbonyl (C=O) groups is 1. The topological polar surface area (TPSA) is 57.8 Å². The highest BCUT2D eigenvalue weighted by Gasteiger charge is 2.16. The second kappa shape index (κ2) is 5.15. The van der Waals surface area contributed by atoms with Gasteiger partial charge in [-0.15, -0.1) is 0 Å². The molecule has 0 bridgehead atoms. The quantitative estimate of drug-likeness (QED) is 0.931. The van der Waals surface area contributed by atoms with Gasteiger partial charge in [0.05, 0.1) is 17.8 Å². The van der Waals surface area contributed by atoms with Gasteiger partial charge in [0.2, 0.25) is 0 Å². The molecule has 1 N–H and O–H groups in total. The van der Waals surface area contributed by atoms with Gasteiger partial charge in [-0.2, -0.15) is 0 Å². The normalized spacial score (nSPS) is 16.8. The number of aromatic nitrogens is 2. The van der Waals surface area contributed by atoms with Crippen molar-refractivity contribution in [2.75, 3.05) is 18.0 Å². The van der Waals surface area contributed by atoms with Crippen molar-refractivity contribution in [2.24, 2.45) is 5.92 Å². The number of anilines is 1. The highest BCUT2D eigenvalue weighted by atomic mass is 16.4. The van der Waals surface area contributed by atoms with Gasteiger partial charge >= 0.3 is 5.97 Å². The van der Waals surface area contributed by atoms with Crippen LogP contribution in [-0.4, -0.2) is 33.6 Å². The van der Waals surface area contributed by atoms with E-state index >= 15 is 0 Å². The molecule has 1 fully saturated rings. The molecule has 2 aromatic rings. The van der Waals surface area contributed by atoms with Gasteiger partial charge in [-0.25, -0.2) is 4.98 Å². The number of aliphatic carboxylic acids is 1. The smallest absolute Gasteiger partial charge is 0.309 e. The van der Waals surface area contributed by atoms with Crippen LogP contribution in [0.3, 0.4) is 0 Å². The van der Waals surface area contributed by atoms with Crippen molar-refractivity contribution in [2.45, 2.75) is 26.2 Å². The first kappa shape index (κ1) is 13.0. The van der Waals surface area contributed by atoms with Gasteiger partial charge < -0.3 is 14.4 Å². The average molecular weight is 273 g/mol. The summed E-state index contributed by atoms with van der Waals surface area (Å²) in [6, 6.07) is 4.03. The van der Waals surface area contributed by atoms with E-state index in [9.17, 15) is 4.79 Å². The number of hydrogen-bond donors (Lipinski definition) is 1.